The first-order valence-corrected chi connectivity index (χ1v) is 8.08. The zero-order chi connectivity index (χ0) is 16.2. The van der Waals surface area contributed by atoms with Gasteiger partial charge in [0.1, 0.15) is 0 Å². The Morgan fingerprint density at radius 3 is 2.78 bits per heavy atom. The van der Waals surface area contributed by atoms with Crippen LogP contribution in [0.3, 0.4) is 0 Å². The molecular weight excluding hydrogens is 288 g/mol. The van der Waals surface area contributed by atoms with Crippen LogP contribution >= 0.6 is 0 Å². The minimum absolute atomic E-state index is 0.00755. The monoisotopic (exact) mass is 310 g/mol. The summed E-state index contributed by atoms with van der Waals surface area (Å²) in [7, 11) is 0. The number of carbonyl (C=O) groups excluding carboxylic acids is 1. The molecule has 0 saturated carbocycles. The van der Waals surface area contributed by atoms with E-state index >= 15 is 0 Å². The summed E-state index contributed by atoms with van der Waals surface area (Å²) >= 11 is 0. The highest BCUT2D eigenvalue weighted by Crippen LogP contribution is 2.31. The van der Waals surface area contributed by atoms with E-state index in [0.717, 1.165) is 23.2 Å². The zero-order valence-corrected chi connectivity index (χ0v) is 13.5. The minimum atomic E-state index is -0.0983. The van der Waals surface area contributed by atoms with Gasteiger partial charge in [-0.25, -0.2) is 0 Å². The fourth-order valence-corrected chi connectivity index (χ4v) is 3.14. The Balaban J connectivity index is 1.82. The van der Waals surface area contributed by atoms with E-state index < -0.39 is 0 Å². The van der Waals surface area contributed by atoms with Gasteiger partial charge in [0.05, 0.1) is 23.9 Å². The lowest BCUT2D eigenvalue weighted by atomic mass is 9.92. The van der Waals surface area contributed by atoms with Crippen molar-refractivity contribution in [3.05, 3.63) is 48.8 Å². The standard InChI is InChI=1S/C19H22N2O2/c1-13(2)18-16(9-11-23-18)19(22)21-17-12-20-10-8-15(17)14-6-4-3-5-7-14/h3-8,10,12-13,16,18H,9,11H2,1-2H3,(H,21,22)/t16-,18-/m0/s1. The number of nitrogens with one attached hydrogen (secondary N) is 1. The van der Waals surface area contributed by atoms with Crippen molar-refractivity contribution in [3.63, 3.8) is 0 Å². The molecule has 1 fully saturated rings. The Kier molecular flexibility index (Phi) is 4.72. The quantitative estimate of drug-likeness (QED) is 0.935. The molecule has 0 bridgehead atoms. The molecule has 1 aromatic heterocycles. The molecule has 4 heteroatoms. The fraction of sp³-hybridized carbons (Fsp3) is 0.368. The van der Waals surface area contributed by atoms with Gasteiger partial charge in [0.25, 0.3) is 0 Å². The Morgan fingerprint density at radius 2 is 2.04 bits per heavy atom. The number of pyridine rings is 1. The van der Waals surface area contributed by atoms with Gasteiger partial charge >= 0.3 is 0 Å². The van der Waals surface area contributed by atoms with E-state index in [1.807, 2.05) is 36.4 Å². The summed E-state index contributed by atoms with van der Waals surface area (Å²) < 4.78 is 5.72. The third-order valence-corrected chi connectivity index (χ3v) is 4.29. The van der Waals surface area contributed by atoms with Crippen molar-refractivity contribution < 1.29 is 9.53 Å². The molecule has 23 heavy (non-hydrogen) atoms. The molecule has 0 unspecified atom stereocenters. The van der Waals surface area contributed by atoms with Crippen LogP contribution in [0.2, 0.25) is 0 Å². The predicted octanol–water partition coefficient (Wildman–Crippen LogP) is 3.75. The molecule has 1 aliphatic rings. The molecule has 120 valence electrons. The van der Waals surface area contributed by atoms with Crippen molar-refractivity contribution in [2.24, 2.45) is 11.8 Å². The molecule has 0 spiro atoms. The van der Waals surface area contributed by atoms with Gasteiger partial charge in [-0.2, -0.15) is 0 Å². The van der Waals surface area contributed by atoms with Crippen molar-refractivity contribution >= 4 is 11.6 Å². The number of benzene rings is 1. The van der Waals surface area contributed by atoms with Gasteiger partial charge in [-0.1, -0.05) is 44.2 Å². The second kappa shape index (κ2) is 6.92. The van der Waals surface area contributed by atoms with Crippen molar-refractivity contribution in [1.82, 2.24) is 4.98 Å². The van der Waals surface area contributed by atoms with Gasteiger partial charge in [0, 0.05) is 18.4 Å². The summed E-state index contributed by atoms with van der Waals surface area (Å²) in [4.78, 5) is 16.9. The van der Waals surface area contributed by atoms with Crippen LogP contribution in [0.15, 0.2) is 48.8 Å². The zero-order valence-electron chi connectivity index (χ0n) is 13.5. The van der Waals surface area contributed by atoms with E-state index in [0.29, 0.717) is 12.5 Å². The lowest BCUT2D eigenvalue weighted by molar-refractivity contribution is -0.122. The van der Waals surface area contributed by atoms with Crippen molar-refractivity contribution in [1.29, 1.82) is 0 Å². The molecule has 4 nitrogen and oxygen atoms in total. The number of ether oxygens (including phenoxy) is 1. The summed E-state index contributed by atoms with van der Waals surface area (Å²) in [5, 5.41) is 3.05. The number of hydrogen-bond donors (Lipinski definition) is 1. The second-order valence-electron chi connectivity index (χ2n) is 6.25. The van der Waals surface area contributed by atoms with E-state index in [-0.39, 0.29) is 17.9 Å². The first kappa shape index (κ1) is 15.7. The van der Waals surface area contributed by atoms with Crippen LogP contribution in [0, 0.1) is 11.8 Å². The molecular formula is C19H22N2O2. The lowest BCUT2D eigenvalue weighted by Gasteiger charge is -2.21. The van der Waals surface area contributed by atoms with Gasteiger partial charge < -0.3 is 10.1 Å². The molecule has 3 rings (SSSR count). The van der Waals surface area contributed by atoms with Crippen LogP contribution in [0.4, 0.5) is 5.69 Å². The second-order valence-corrected chi connectivity index (χ2v) is 6.25. The van der Waals surface area contributed by atoms with Crippen molar-refractivity contribution in [2.75, 3.05) is 11.9 Å². The molecule has 2 atom stereocenters. The molecule has 1 aromatic carbocycles. The average Bonchev–Trinajstić information content (AvgIpc) is 3.06. The third-order valence-electron chi connectivity index (χ3n) is 4.29. The van der Waals surface area contributed by atoms with Crippen LogP contribution < -0.4 is 5.32 Å². The Morgan fingerprint density at radius 1 is 1.26 bits per heavy atom. The number of carbonyl (C=O) groups is 1. The van der Waals surface area contributed by atoms with E-state index in [4.69, 9.17) is 4.74 Å². The normalized spacial score (nSPS) is 20.7. The first-order valence-electron chi connectivity index (χ1n) is 8.08. The third kappa shape index (κ3) is 3.42. The Hall–Kier alpha value is -2.20. The summed E-state index contributed by atoms with van der Waals surface area (Å²) in [6.07, 6.45) is 4.22. The van der Waals surface area contributed by atoms with Crippen LogP contribution in [-0.2, 0) is 9.53 Å². The predicted molar refractivity (Wildman–Crippen MR) is 91.0 cm³/mol. The van der Waals surface area contributed by atoms with E-state index in [9.17, 15) is 4.79 Å². The molecule has 1 N–H and O–H groups in total. The van der Waals surface area contributed by atoms with Crippen molar-refractivity contribution in [2.45, 2.75) is 26.4 Å². The molecule has 2 aromatic rings. The highest BCUT2D eigenvalue weighted by Gasteiger charge is 2.36. The SMILES string of the molecule is CC(C)[C@@H]1OCC[C@@H]1C(=O)Nc1cnccc1-c1ccccc1. The number of nitrogens with zero attached hydrogens (tertiary/aromatic N) is 1. The highest BCUT2D eigenvalue weighted by atomic mass is 16.5. The van der Waals surface area contributed by atoms with Gasteiger partial charge in [0.2, 0.25) is 5.91 Å². The van der Waals surface area contributed by atoms with Gasteiger partial charge in [0.15, 0.2) is 0 Å². The maximum atomic E-state index is 12.7. The van der Waals surface area contributed by atoms with E-state index in [2.05, 4.69) is 24.1 Å². The van der Waals surface area contributed by atoms with E-state index in [1.165, 1.54) is 0 Å². The number of hydrogen-bond acceptors (Lipinski definition) is 3. The van der Waals surface area contributed by atoms with Crippen LogP contribution in [0.25, 0.3) is 11.1 Å². The number of amides is 1. The summed E-state index contributed by atoms with van der Waals surface area (Å²) in [5.41, 5.74) is 2.79. The number of aromatic nitrogens is 1. The summed E-state index contributed by atoms with van der Waals surface area (Å²) in [5.74, 6) is 0.251. The maximum Gasteiger partial charge on any atom is 0.230 e. The van der Waals surface area contributed by atoms with Crippen LogP contribution in [0.1, 0.15) is 20.3 Å². The summed E-state index contributed by atoms with van der Waals surface area (Å²) in [6.45, 7) is 4.84. The summed E-state index contributed by atoms with van der Waals surface area (Å²) in [6, 6.07) is 11.9. The average molecular weight is 310 g/mol. The molecule has 0 aliphatic carbocycles. The highest BCUT2D eigenvalue weighted by molar-refractivity contribution is 5.96. The number of rotatable bonds is 4. The first-order chi connectivity index (χ1) is 11.2. The maximum absolute atomic E-state index is 12.7. The Labute approximate surface area is 136 Å². The van der Waals surface area contributed by atoms with Gasteiger partial charge in [-0.15, -0.1) is 0 Å². The van der Waals surface area contributed by atoms with Crippen LogP contribution in [-0.4, -0.2) is 23.6 Å². The minimum Gasteiger partial charge on any atom is -0.377 e. The molecule has 2 heterocycles. The Bertz CT molecular complexity index is 670. The van der Waals surface area contributed by atoms with E-state index in [1.54, 1.807) is 12.4 Å². The largest absolute Gasteiger partial charge is 0.377 e. The lowest BCUT2D eigenvalue weighted by Crippen LogP contribution is -2.33. The number of anilines is 1. The molecule has 1 aliphatic heterocycles. The molecule has 1 saturated heterocycles. The van der Waals surface area contributed by atoms with Crippen molar-refractivity contribution in [3.8, 4) is 11.1 Å². The topological polar surface area (TPSA) is 51.2 Å². The van der Waals surface area contributed by atoms with Gasteiger partial charge in [-0.3, -0.25) is 9.78 Å². The molecule has 1 amide bonds. The smallest absolute Gasteiger partial charge is 0.230 e. The van der Waals surface area contributed by atoms with Gasteiger partial charge in [-0.05, 0) is 24.0 Å². The fourth-order valence-electron chi connectivity index (χ4n) is 3.14. The molecule has 0 radical (unpaired) electrons. The van der Waals surface area contributed by atoms with Crippen LogP contribution in [0.5, 0.6) is 0 Å².